The van der Waals surface area contributed by atoms with Crippen molar-refractivity contribution in [3.05, 3.63) is 71.7 Å². The van der Waals surface area contributed by atoms with Gasteiger partial charge in [-0.25, -0.2) is 8.42 Å². The number of phenols is 1. The van der Waals surface area contributed by atoms with Crippen LogP contribution in [0.4, 0.5) is 28.4 Å². The van der Waals surface area contributed by atoms with Crippen molar-refractivity contribution in [2.45, 2.75) is 14.7 Å². The van der Waals surface area contributed by atoms with E-state index in [0.717, 1.165) is 12.1 Å². The molecular formula is C22H17N6O9S3+. The van der Waals surface area contributed by atoms with Gasteiger partial charge >= 0.3 is 5.69 Å². The van der Waals surface area contributed by atoms with Gasteiger partial charge in [-0.2, -0.15) is 21.9 Å². The number of benzene rings is 4. The number of diazo groups is 1. The summed E-state index contributed by atoms with van der Waals surface area (Å²) in [5.74, 6) is -0.733. The molecule has 0 bridgehead atoms. The predicted octanol–water partition coefficient (Wildman–Crippen LogP) is 4.32. The molecule has 0 saturated carbocycles. The SMILES string of the molecule is N#[N+]c1ccc(NS(=O)(=O)c2ccc(N=Nc3c(S(=O)(=O)O)cc4cc(S(=O)(=O)O)cc(O)c4c3N)cc2)cc1. The number of aromatic hydroxyl groups is 1. The van der Waals surface area contributed by atoms with E-state index in [1.165, 1.54) is 48.5 Å². The number of azo groups is 1. The summed E-state index contributed by atoms with van der Waals surface area (Å²) in [6.07, 6.45) is 0. The van der Waals surface area contributed by atoms with Crippen LogP contribution in [-0.2, 0) is 30.3 Å². The summed E-state index contributed by atoms with van der Waals surface area (Å²) in [7, 11) is -13.8. The van der Waals surface area contributed by atoms with Crippen molar-refractivity contribution < 1.29 is 39.5 Å². The number of nitrogens with zero attached hydrogens (tertiary/aromatic N) is 4. The molecule has 0 aliphatic rings. The molecule has 18 heteroatoms. The average Bonchev–Trinajstić information content (AvgIpc) is 2.87. The number of phenolic OH excluding ortho intramolecular Hbond substituents is 1. The van der Waals surface area contributed by atoms with Crippen molar-refractivity contribution in [1.29, 1.82) is 5.39 Å². The third-order valence-electron chi connectivity index (χ3n) is 5.39. The first-order valence-corrected chi connectivity index (χ1v) is 15.0. The smallest absolute Gasteiger partial charge is 0.385 e. The maximum atomic E-state index is 12.7. The Hall–Kier alpha value is -4.67. The summed E-state index contributed by atoms with van der Waals surface area (Å²) < 4.78 is 93.7. The van der Waals surface area contributed by atoms with E-state index in [1.54, 1.807) is 0 Å². The fourth-order valence-corrected chi connectivity index (χ4v) is 5.81. The van der Waals surface area contributed by atoms with Crippen LogP contribution in [-0.4, -0.2) is 39.5 Å². The second-order valence-corrected chi connectivity index (χ2v) is 12.6. The number of fused-ring (bicyclic) bond motifs is 1. The number of sulfonamides is 1. The molecule has 0 fully saturated rings. The first-order chi connectivity index (χ1) is 18.6. The Balaban J connectivity index is 1.71. The Morgan fingerprint density at radius 3 is 1.98 bits per heavy atom. The van der Waals surface area contributed by atoms with Gasteiger partial charge in [0.05, 0.1) is 21.2 Å². The summed E-state index contributed by atoms with van der Waals surface area (Å²) in [5.41, 5.74) is 5.38. The lowest BCUT2D eigenvalue weighted by Crippen LogP contribution is -2.12. The van der Waals surface area contributed by atoms with Crippen LogP contribution >= 0.6 is 0 Å². The highest BCUT2D eigenvalue weighted by Gasteiger charge is 2.24. The van der Waals surface area contributed by atoms with Gasteiger partial charge in [-0.05, 0) is 53.9 Å². The molecule has 4 aromatic carbocycles. The number of rotatable bonds is 7. The van der Waals surface area contributed by atoms with E-state index in [2.05, 4.69) is 19.9 Å². The standard InChI is InChI=1S/C22H16N6O9S3/c23-21-20-12(9-17(11-18(20)29)39(32,33)34)10-19(40(35,36)37)22(21)27-26-14-5-7-16(8-6-14)38(30,31)28-15-3-1-13(25-24)2-4-15/h1-11,28H,(H4-,23,26,29,32,33,34,35,36,37)/p+1. The average molecular weight is 606 g/mol. The zero-order valence-electron chi connectivity index (χ0n) is 19.7. The molecule has 4 aromatic rings. The Morgan fingerprint density at radius 1 is 0.800 bits per heavy atom. The molecule has 206 valence electrons. The molecule has 0 aliphatic heterocycles. The third kappa shape index (κ3) is 5.83. The van der Waals surface area contributed by atoms with Crippen LogP contribution in [0, 0.1) is 5.39 Å². The monoisotopic (exact) mass is 605 g/mol. The Morgan fingerprint density at radius 2 is 1.43 bits per heavy atom. The number of hydrogen-bond donors (Lipinski definition) is 5. The Kier molecular flexibility index (Phi) is 7.18. The minimum absolute atomic E-state index is 0.0413. The molecule has 0 heterocycles. The Bertz CT molecular complexity index is 2060. The zero-order valence-corrected chi connectivity index (χ0v) is 22.2. The number of nitrogens with one attached hydrogen (secondary N) is 1. The maximum absolute atomic E-state index is 12.7. The lowest BCUT2D eigenvalue weighted by atomic mass is 10.1. The van der Waals surface area contributed by atoms with Crippen LogP contribution in [0.15, 0.2) is 91.6 Å². The van der Waals surface area contributed by atoms with Gasteiger partial charge in [0, 0.05) is 29.3 Å². The van der Waals surface area contributed by atoms with E-state index in [4.69, 9.17) is 11.1 Å². The minimum Gasteiger partial charge on any atom is -0.507 e. The van der Waals surface area contributed by atoms with Gasteiger partial charge in [-0.15, -0.1) is 5.11 Å². The fraction of sp³-hybridized carbons (Fsp3) is 0. The van der Waals surface area contributed by atoms with Gasteiger partial charge in [0.1, 0.15) is 16.3 Å². The highest BCUT2D eigenvalue weighted by atomic mass is 32.2. The molecule has 0 aromatic heterocycles. The van der Waals surface area contributed by atoms with E-state index in [0.29, 0.717) is 6.07 Å². The van der Waals surface area contributed by atoms with Crippen molar-refractivity contribution >= 4 is 69.5 Å². The normalized spacial score (nSPS) is 12.4. The van der Waals surface area contributed by atoms with E-state index >= 15 is 0 Å². The highest BCUT2D eigenvalue weighted by Crippen LogP contribution is 2.43. The Labute approximate surface area is 226 Å². The number of nitrogen functional groups attached to an aromatic ring is 1. The molecule has 4 rings (SSSR count). The van der Waals surface area contributed by atoms with Crippen molar-refractivity contribution in [2.75, 3.05) is 10.5 Å². The van der Waals surface area contributed by atoms with E-state index in [-0.39, 0.29) is 32.7 Å². The van der Waals surface area contributed by atoms with Crippen LogP contribution in [0.2, 0.25) is 0 Å². The molecule has 0 unspecified atom stereocenters. The van der Waals surface area contributed by atoms with E-state index in [1.807, 2.05) is 0 Å². The lowest BCUT2D eigenvalue weighted by molar-refractivity contribution is 0.471. The van der Waals surface area contributed by atoms with Crippen molar-refractivity contribution in [2.24, 2.45) is 10.2 Å². The zero-order chi connectivity index (χ0) is 29.5. The first-order valence-electron chi connectivity index (χ1n) is 10.6. The van der Waals surface area contributed by atoms with Crippen molar-refractivity contribution in [3.63, 3.8) is 0 Å². The van der Waals surface area contributed by atoms with Crippen molar-refractivity contribution in [1.82, 2.24) is 0 Å². The molecule has 0 atom stereocenters. The molecule has 0 saturated heterocycles. The van der Waals surface area contributed by atoms with Crippen LogP contribution in [0.3, 0.4) is 0 Å². The van der Waals surface area contributed by atoms with Gasteiger partial charge in [-0.1, -0.05) is 0 Å². The van der Waals surface area contributed by atoms with Crippen molar-refractivity contribution in [3.8, 4) is 5.75 Å². The molecule has 0 spiro atoms. The minimum atomic E-state index is -5.01. The molecule has 0 aliphatic carbocycles. The number of anilines is 2. The number of hydrogen-bond acceptors (Lipinski definition) is 11. The summed E-state index contributed by atoms with van der Waals surface area (Å²) in [5, 5.41) is 26.2. The molecular weight excluding hydrogens is 588 g/mol. The molecule has 6 N–H and O–H groups in total. The second kappa shape index (κ2) is 10.1. The molecule has 0 radical (unpaired) electrons. The fourth-order valence-electron chi connectivity index (χ4n) is 3.55. The van der Waals surface area contributed by atoms with Gasteiger partial charge in [-0.3, -0.25) is 13.8 Å². The molecule has 0 amide bonds. The van der Waals surface area contributed by atoms with Gasteiger partial charge in [0.25, 0.3) is 30.3 Å². The van der Waals surface area contributed by atoms with Crippen LogP contribution < -0.4 is 10.5 Å². The summed E-state index contributed by atoms with van der Waals surface area (Å²) in [4.78, 5) is 1.18. The van der Waals surface area contributed by atoms with Gasteiger partial charge < -0.3 is 10.8 Å². The van der Waals surface area contributed by atoms with Crippen LogP contribution in [0.1, 0.15) is 0 Å². The third-order valence-corrected chi connectivity index (χ3v) is 8.48. The number of nitrogens with two attached hydrogens (primary N) is 1. The van der Waals surface area contributed by atoms with Crippen LogP contribution in [0.25, 0.3) is 15.7 Å². The van der Waals surface area contributed by atoms with Gasteiger partial charge in [0.2, 0.25) is 5.39 Å². The largest absolute Gasteiger partial charge is 0.507 e. The van der Waals surface area contributed by atoms with E-state index in [9.17, 15) is 39.5 Å². The first kappa shape index (κ1) is 28.3. The van der Waals surface area contributed by atoms with E-state index < -0.39 is 57.2 Å². The maximum Gasteiger partial charge on any atom is 0.385 e. The molecule has 40 heavy (non-hydrogen) atoms. The lowest BCUT2D eigenvalue weighted by Gasteiger charge is -2.12. The topological polar surface area (TPSA) is 254 Å². The predicted molar refractivity (Wildman–Crippen MR) is 142 cm³/mol. The molecule has 15 nitrogen and oxygen atoms in total. The quantitative estimate of drug-likeness (QED) is 0.0857. The van der Waals surface area contributed by atoms with Gasteiger partial charge in [0.15, 0.2) is 4.98 Å². The summed E-state index contributed by atoms with van der Waals surface area (Å²) in [6.45, 7) is 0. The highest BCUT2D eigenvalue weighted by molar-refractivity contribution is 7.92. The van der Waals surface area contributed by atoms with Crippen LogP contribution in [0.5, 0.6) is 5.75 Å². The summed E-state index contributed by atoms with van der Waals surface area (Å²) in [6, 6.07) is 12.7. The second-order valence-electron chi connectivity index (χ2n) is 8.07. The summed E-state index contributed by atoms with van der Waals surface area (Å²) >= 11 is 0.